The van der Waals surface area contributed by atoms with Crippen molar-refractivity contribution in [2.75, 3.05) is 6.54 Å². The van der Waals surface area contributed by atoms with E-state index in [0.717, 1.165) is 17.8 Å². The third-order valence-corrected chi connectivity index (χ3v) is 4.70. The van der Waals surface area contributed by atoms with Gasteiger partial charge < -0.3 is 5.32 Å². The highest BCUT2D eigenvalue weighted by Gasteiger charge is 2.44. The van der Waals surface area contributed by atoms with Crippen molar-refractivity contribution in [1.82, 2.24) is 5.32 Å². The summed E-state index contributed by atoms with van der Waals surface area (Å²) in [5.74, 6) is 2.57. The molecule has 3 rings (SSSR count). The third kappa shape index (κ3) is 2.11. The van der Waals surface area contributed by atoms with Crippen LogP contribution in [0, 0.1) is 17.8 Å². The normalized spacial score (nSPS) is 50.3. The Morgan fingerprint density at radius 1 is 1.47 bits per heavy atom. The first-order chi connectivity index (χ1) is 7.04. The number of fused-ring (bicyclic) bond motifs is 4. The molecule has 3 aliphatic rings. The van der Waals surface area contributed by atoms with E-state index >= 15 is 0 Å². The third-order valence-electron chi connectivity index (χ3n) is 4.70. The largest absolute Gasteiger partial charge is 0.314 e. The Kier molecular flexibility index (Phi) is 3.16. The molecule has 1 N–H and O–H groups in total. The number of rotatable bonds is 2. The van der Waals surface area contributed by atoms with Gasteiger partial charge in [-0.3, -0.25) is 0 Å². The van der Waals surface area contributed by atoms with E-state index < -0.39 is 0 Å². The molecule has 1 saturated carbocycles. The molecule has 2 saturated heterocycles. The van der Waals surface area contributed by atoms with Crippen molar-refractivity contribution in [3.05, 3.63) is 0 Å². The average molecular weight is 205 g/mol. The summed E-state index contributed by atoms with van der Waals surface area (Å²) in [7, 11) is 6.48. The van der Waals surface area contributed by atoms with Crippen LogP contribution in [0.1, 0.15) is 46.5 Å². The van der Waals surface area contributed by atoms with Crippen LogP contribution in [0.3, 0.4) is 0 Å². The van der Waals surface area contributed by atoms with Crippen LogP contribution in [0.2, 0.25) is 5.31 Å². The zero-order chi connectivity index (χ0) is 11.1. The van der Waals surface area contributed by atoms with Gasteiger partial charge in [-0.25, -0.2) is 0 Å². The molecule has 0 aromatic heterocycles. The first kappa shape index (κ1) is 11.5. The molecule has 1 aliphatic carbocycles. The summed E-state index contributed by atoms with van der Waals surface area (Å²) in [6.07, 6.45) is 5.15. The summed E-state index contributed by atoms with van der Waals surface area (Å²) in [6, 6.07) is 0.547. The summed E-state index contributed by atoms with van der Waals surface area (Å²) in [5, 5.41) is 3.68. The molecule has 2 heterocycles. The van der Waals surface area contributed by atoms with Crippen molar-refractivity contribution in [2.45, 2.75) is 57.8 Å². The topological polar surface area (TPSA) is 12.0 Å². The Labute approximate surface area is 95.8 Å². The van der Waals surface area contributed by atoms with E-state index in [1.807, 2.05) is 0 Å². The summed E-state index contributed by atoms with van der Waals surface area (Å²) < 4.78 is 0. The molecule has 2 bridgehead atoms. The van der Waals surface area contributed by atoms with Crippen LogP contribution in [0.5, 0.6) is 0 Å². The average Bonchev–Trinajstić information content (AvgIpc) is 2.31. The molecule has 15 heavy (non-hydrogen) atoms. The van der Waals surface area contributed by atoms with Crippen molar-refractivity contribution >= 4 is 7.85 Å². The van der Waals surface area contributed by atoms with Gasteiger partial charge in [0.1, 0.15) is 0 Å². The monoisotopic (exact) mass is 205 g/mol. The number of hydrogen-bond donors (Lipinski definition) is 1. The van der Waals surface area contributed by atoms with Gasteiger partial charge in [-0.2, -0.15) is 0 Å². The van der Waals surface area contributed by atoms with Gasteiger partial charge in [0, 0.05) is 6.04 Å². The van der Waals surface area contributed by atoms with Crippen molar-refractivity contribution in [2.24, 2.45) is 17.8 Å². The zero-order valence-electron chi connectivity index (χ0n) is 10.4. The van der Waals surface area contributed by atoms with E-state index in [-0.39, 0.29) is 5.31 Å². The van der Waals surface area contributed by atoms with Crippen LogP contribution < -0.4 is 5.32 Å². The van der Waals surface area contributed by atoms with Gasteiger partial charge in [0.15, 0.2) is 0 Å². The first-order valence-corrected chi connectivity index (χ1v) is 6.57. The lowest BCUT2D eigenvalue weighted by molar-refractivity contribution is 0.189. The van der Waals surface area contributed by atoms with E-state index in [1.165, 1.54) is 32.2 Å². The minimum atomic E-state index is 0.0132. The maximum absolute atomic E-state index is 6.48. The van der Waals surface area contributed by atoms with Crippen LogP contribution in [-0.2, 0) is 0 Å². The lowest BCUT2D eigenvalue weighted by Crippen LogP contribution is -2.45. The molecular formula is C13H24BN. The van der Waals surface area contributed by atoms with E-state index in [0.29, 0.717) is 6.04 Å². The minimum Gasteiger partial charge on any atom is -0.314 e. The SMILES string of the molecule is [B]C1(C)CC(CCC)C2CNC1CC2C. The summed E-state index contributed by atoms with van der Waals surface area (Å²) in [4.78, 5) is 0. The second-order valence-corrected chi connectivity index (χ2v) is 6.10. The molecular weight excluding hydrogens is 181 g/mol. The lowest BCUT2D eigenvalue weighted by atomic mass is 9.61. The molecule has 84 valence electrons. The van der Waals surface area contributed by atoms with Crippen molar-refractivity contribution in [3.63, 3.8) is 0 Å². The van der Waals surface area contributed by atoms with Gasteiger partial charge in [0.2, 0.25) is 0 Å². The quantitative estimate of drug-likeness (QED) is 0.683. The van der Waals surface area contributed by atoms with Crippen LogP contribution in [-0.4, -0.2) is 20.4 Å². The molecule has 0 aromatic carbocycles. The lowest BCUT2D eigenvalue weighted by Gasteiger charge is -2.38. The molecule has 2 aliphatic heterocycles. The molecule has 2 radical (unpaired) electrons. The number of hydrogen-bond acceptors (Lipinski definition) is 1. The van der Waals surface area contributed by atoms with Gasteiger partial charge in [0.05, 0.1) is 7.85 Å². The van der Waals surface area contributed by atoms with Gasteiger partial charge >= 0.3 is 0 Å². The maximum atomic E-state index is 6.48. The molecule has 5 atom stereocenters. The highest BCUT2D eigenvalue weighted by Crippen LogP contribution is 2.49. The number of piperidine rings is 1. The molecule has 0 spiro atoms. The van der Waals surface area contributed by atoms with Crippen molar-refractivity contribution < 1.29 is 0 Å². The Balaban J connectivity index is 2.19. The Morgan fingerprint density at radius 2 is 2.20 bits per heavy atom. The smallest absolute Gasteiger partial charge is 0.0763 e. The fourth-order valence-electron chi connectivity index (χ4n) is 3.79. The van der Waals surface area contributed by atoms with Crippen LogP contribution in [0.4, 0.5) is 0 Å². The Hall–Kier alpha value is 0.0249. The van der Waals surface area contributed by atoms with Gasteiger partial charge in [0.25, 0.3) is 0 Å². The molecule has 2 heteroatoms. The van der Waals surface area contributed by atoms with E-state index in [2.05, 4.69) is 26.1 Å². The van der Waals surface area contributed by atoms with Gasteiger partial charge in [-0.15, -0.1) is 0 Å². The Bertz CT molecular complexity index is 227. The van der Waals surface area contributed by atoms with Crippen molar-refractivity contribution in [1.29, 1.82) is 0 Å². The summed E-state index contributed by atoms with van der Waals surface area (Å²) >= 11 is 0. The second kappa shape index (κ2) is 4.12. The van der Waals surface area contributed by atoms with E-state index in [9.17, 15) is 0 Å². The van der Waals surface area contributed by atoms with Crippen LogP contribution in [0.25, 0.3) is 0 Å². The predicted octanol–water partition coefficient (Wildman–Crippen LogP) is 2.77. The first-order valence-electron chi connectivity index (χ1n) is 6.57. The zero-order valence-corrected chi connectivity index (χ0v) is 10.4. The fourth-order valence-corrected chi connectivity index (χ4v) is 3.79. The highest BCUT2D eigenvalue weighted by atomic mass is 15.0. The predicted molar refractivity (Wildman–Crippen MR) is 66.2 cm³/mol. The molecule has 3 fully saturated rings. The fraction of sp³-hybridized carbons (Fsp3) is 1.00. The number of nitrogens with one attached hydrogen (secondary N) is 1. The second-order valence-electron chi connectivity index (χ2n) is 6.10. The minimum absolute atomic E-state index is 0.0132. The van der Waals surface area contributed by atoms with Crippen LogP contribution >= 0.6 is 0 Å². The standard InChI is InChI=1S/C13H24BN/c1-4-5-10-7-13(3,14)12-6-9(2)11(10)8-15-12/h9-12,15H,4-8H2,1-3H3. The molecule has 5 unspecified atom stereocenters. The highest BCUT2D eigenvalue weighted by molar-refractivity contribution is 6.15. The van der Waals surface area contributed by atoms with E-state index in [1.54, 1.807) is 0 Å². The Morgan fingerprint density at radius 3 is 2.80 bits per heavy atom. The van der Waals surface area contributed by atoms with Gasteiger partial charge in [-0.05, 0) is 30.7 Å². The molecule has 0 aromatic rings. The van der Waals surface area contributed by atoms with Gasteiger partial charge in [-0.1, -0.05) is 45.3 Å². The molecule has 1 nitrogen and oxygen atoms in total. The summed E-state index contributed by atoms with van der Waals surface area (Å²) in [5.41, 5.74) is 0. The summed E-state index contributed by atoms with van der Waals surface area (Å²) in [6.45, 7) is 8.16. The molecule has 0 amide bonds. The van der Waals surface area contributed by atoms with E-state index in [4.69, 9.17) is 7.85 Å². The maximum Gasteiger partial charge on any atom is 0.0763 e. The van der Waals surface area contributed by atoms with Crippen molar-refractivity contribution in [3.8, 4) is 0 Å². The van der Waals surface area contributed by atoms with Crippen LogP contribution in [0.15, 0.2) is 0 Å².